The van der Waals surface area contributed by atoms with Crippen LogP contribution >= 0.6 is 0 Å². The molecule has 0 fully saturated rings. The number of nitrogens with one attached hydrogen (secondary N) is 1. The van der Waals surface area contributed by atoms with Crippen LogP contribution < -0.4 is 10.1 Å². The number of esters is 1. The van der Waals surface area contributed by atoms with Crippen LogP contribution in [0.15, 0.2) is 18.2 Å². The van der Waals surface area contributed by atoms with E-state index >= 15 is 0 Å². The molecule has 0 aliphatic rings. The highest BCUT2D eigenvalue weighted by Gasteiger charge is 2.26. The number of halogens is 1. The second-order valence-corrected chi connectivity index (χ2v) is 5.88. The van der Waals surface area contributed by atoms with Gasteiger partial charge in [-0.15, -0.1) is 0 Å². The Bertz CT molecular complexity index is 568. The number of amides is 1. The lowest BCUT2D eigenvalue weighted by Gasteiger charge is -2.22. The first kappa shape index (κ1) is 18.7. The van der Waals surface area contributed by atoms with Gasteiger partial charge in [-0.25, -0.2) is 14.0 Å². The van der Waals surface area contributed by atoms with Crippen molar-refractivity contribution in [3.8, 4) is 5.75 Å². The number of rotatable bonds is 5. The lowest BCUT2D eigenvalue weighted by Crippen LogP contribution is -2.45. The number of ether oxygens (including phenoxy) is 3. The van der Waals surface area contributed by atoms with Crippen molar-refractivity contribution >= 4 is 12.1 Å². The average molecular weight is 327 g/mol. The third-order valence-electron chi connectivity index (χ3n) is 2.86. The molecule has 7 heteroatoms. The molecule has 0 bridgehead atoms. The zero-order chi connectivity index (χ0) is 17.6. The summed E-state index contributed by atoms with van der Waals surface area (Å²) in [4.78, 5) is 23.6. The highest BCUT2D eigenvalue weighted by molar-refractivity contribution is 5.81. The Labute approximate surface area is 134 Å². The van der Waals surface area contributed by atoms with E-state index in [1.807, 2.05) is 0 Å². The first-order valence-corrected chi connectivity index (χ1v) is 7.06. The van der Waals surface area contributed by atoms with Gasteiger partial charge in [0.1, 0.15) is 23.2 Å². The van der Waals surface area contributed by atoms with Crippen LogP contribution in [0.25, 0.3) is 0 Å². The molecule has 1 aromatic rings. The van der Waals surface area contributed by atoms with Crippen molar-refractivity contribution in [1.29, 1.82) is 0 Å². The van der Waals surface area contributed by atoms with Crippen LogP contribution in [0.1, 0.15) is 26.3 Å². The summed E-state index contributed by atoms with van der Waals surface area (Å²) in [7, 11) is 2.62. The van der Waals surface area contributed by atoms with Gasteiger partial charge < -0.3 is 19.5 Å². The molecule has 1 atom stereocenters. The minimum Gasteiger partial charge on any atom is -0.497 e. The van der Waals surface area contributed by atoms with E-state index in [9.17, 15) is 14.0 Å². The van der Waals surface area contributed by atoms with Gasteiger partial charge in [0.15, 0.2) is 0 Å². The first-order valence-electron chi connectivity index (χ1n) is 7.06. The minimum absolute atomic E-state index is 0.0677. The summed E-state index contributed by atoms with van der Waals surface area (Å²) in [6.45, 7) is 5.09. The Morgan fingerprint density at radius 1 is 1.26 bits per heavy atom. The number of methoxy groups -OCH3 is 2. The van der Waals surface area contributed by atoms with Crippen molar-refractivity contribution in [3.05, 3.63) is 29.6 Å². The molecule has 0 heterocycles. The molecule has 0 saturated carbocycles. The third kappa shape index (κ3) is 6.14. The predicted octanol–water partition coefficient (Wildman–Crippen LogP) is 2.44. The highest BCUT2D eigenvalue weighted by atomic mass is 19.1. The van der Waals surface area contributed by atoms with Gasteiger partial charge in [0, 0.05) is 12.5 Å². The second-order valence-electron chi connectivity index (χ2n) is 5.88. The normalized spacial score (nSPS) is 12.3. The molecule has 1 aromatic carbocycles. The SMILES string of the molecule is COC(=O)[C@H](Cc1ccc(OC)cc1F)NC(=O)OC(C)(C)C. The molecule has 23 heavy (non-hydrogen) atoms. The third-order valence-corrected chi connectivity index (χ3v) is 2.86. The number of carbonyl (C=O) groups excluding carboxylic acids is 2. The van der Waals surface area contributed by atoms with Crippen molar-refractivity contribution < 1.29 is 28.2 Å². The van der Waals surface area contributed by atoms with Gasteiger partial charge in [-0.3, -0.25) is 0 Å². The van der Waals surface area contributed by atoms with Crippen molar-refractivity contribution in [2.45, 2.75) is 38.8 Å². The summed E-state index contributed by atoms with van der Waals surface area (Å²) < 4.78 is 28.7. The molecule has 0 aliphatic heterocycles. The molecule has 1 amide bonds. The van der Waals surface area contributed by atoms with Gasteiger partial charge >= 0.3 is 12.1 Å². The lowest BCUT2D eigenvalue weighted by atomic mass is 10.1. The molecule has 1 rings (SSSR count). The minimum atomic E-state index is -1.06. The van der Waals surface area contributed by atoms with Gasteiger partial charge in [-0.1, -0.05) is 6.07 Å². The Kier molecular flexibility index (Phi) is 6.36. The number of benzene rings is 1. The van der Waals surface area contributed by atoms with Gasteiger partial charge in [0.2, 0.25) is 0 Å². The Balaban J connectivity index is 2.87. The van der Waals surface area contributed by atoms with Crippen molar-refractivity contribution in [1.82, 2.24) is 5.32 Å². The maximum absolute atomic E-state index is 14.0. The van der Waals surface area contributed by atoms with Gasteiger partial charge in [0.25, 0.3) is 0 Å². The largest absolute Gasteiger partial charge is 0.497 e. The zero-order valence-corrected chi connectivity index (χ0v) is 13.9. The monoisotopic (exact) mass is 327 g/mol. The molecule has 0 spiro atoms. The fourth-order valence-electron chi connectivity index (χ4n) is 1.83. The van der Waals surface area contributed by atoms with E-state index in [-0.39, 0.29) is 12.0 Å². The molecule has 0 unspecified atom stereocenters. The van der Waals surface area contributed by atoms with Crippen molar-refractivity contribution in [2.75, 3.05) is 14.2 Å². The Morgan fingerprint density at radius 3 is 2.39 bits per heavy atom. The molecule has 128 valence electrons. The topological polar surface area (TPSA) is 73.9 Å². The second kappa shape index (κ2) is 7.80. The molecule has 1 N–H and O–H groups in total. The van der Waals surface area contributed by atoms with E-state index in [0.717, 1.165) is 0 Å². The summed E-state index contributed by atoms with van der Waals surface area (Å²) in [6.07, 6.45) is -0.844. The van der Waals surface area contributed by atoms with Gasteiger partial charge in [-0.2, -0.15) is 0 Å². The zero-order valence-electron chi connectivity index (χ0n) is 13.9. The van der Waals surface area contributed by atoms with E-state index in [4.69, 9.17) is 9.47 Å². The molecular formula is C16H22FNO5. The van der Waals surface area contributed by atoms with E-state index < -0.39 is 29.5 Å². The van der Waals surface area contributed by atoms with E-state index in [0.29, 0.717) is 5.75 Å². The molecule has 0 radical (unpaired) electrons. The van der Waals surface area contributed by atoms with Crippen LogP contribution in [-0.4, -0.2) is 37.9 Å². The van der Waals surface area contributed by atoms with E-state index in [1.54, 1.807) is 26.8 Å². The average Bonchev–Trinajstić information content (AvgIpc) is 2.45. The quantitative estimate of drug-likeness (QED) is 0.841. The van der Waals surface area contributed by atoms with E-state index in [2.05, 4.69) is 10.1 Å². The summed E-state index contributed by atoms with van der Waals surface area (Å²) in [5.41, 5.74) is -0.465. The molecule has 0 aromatic heterocycles. The molecule has 0 aliphatic carbocycles. The highest BCUT2D eigenvalue weighted by Crippen LogP contribution is 2.18. The van der Waals surface area contributed by atoms with Crippen LogP contribution in [0.3, 0.4) is 0 Å². The van der Waals surface area contributed by atoms with Crippen LogP contribution in [-0.2, 0) is 20.7 Å². The maximum Gasteiger partial charge on any atom is 0.408 e. The van der Waals surface area contributed by atoms with Crippen LogP contribution in [0, 0.1) is 5.82 Å². The number of hydrogen-bond donors (Lipinski definition) is 1. The van der Waals surface area contributed by atoms with Crippen LogP contribution in [0.4, 0.5) is 9.18 Å². The maximum atomic E-state index is 14.0. The van der Waals surface area contributed by atoms with Crippen molar-refractivity contribution in [3.63, 3.8) is 0 Å². The molecule has 0 saturated heterocycles. The van der Waals surface area contributed by atoms with Crippen molar-refractivity contribution in [2.24, 2.45) is 0 Å². The van der Waals surface area contributed by atoms with Crippen LogP contribution in [0.5, 0.6) is 5.75 Å². The lowest BCUT2D eigenvalue weighted by molar-refractivity contribution is -0.143. The van der Waals surface area contributed by atoms with E-state index in [1.165, 1.54) is 26.4 Å². The summed E-state index contributed by atoms with van der Waals surface area (Å²) >= 11 is 0. The summed E-state index contributed by atoms with van der Waals surface area (Å²) in [6, 6.07) is 3.20. The summed E-state index contributed by atoms with van der Waals surface area (Å²) in [5, 5.41) is 2.39. The van der Waals surface area contributed by atoms with Crippen LogP contribution in [0.2, 0.25) is 0 Å². The first-order chi connectivity index (χ1) is 10.7. The number of carbonyl (C=O) groups is 2. The summed E-state index contributed by atoms with van der Waals surface area (Å²) in [5.74, 6) is -0.865. The fourth-order valence-corrected chi connectivity index (χ4v) is 1.83. The van der Waals surface area contributed by atoms with Gasteiger partial charge in [-0.05, 0) is 32.4 Å². The Hall–Kier alpha value is -2.31. The fraction of sp³-hybridized carbons (Fsp3) is 0.500. The Morgan fingerprint density at radius 2 is 1.91 bits per heavy atom. The standard InChI is InChI=1S/C16H22FNO5/c1-16(2,3)23-15(20)18-13(14(19)22-5)8-10-6-7-11(21-4)9-12(10)17/h6-7,9,13H,8H2,1-5H3,(H,18,20)/t13-/m0/s1. The smallest absolute Gasteiger partial charge is 0.408 e. The number of hydrogen-bond acceptors (Lipinski definition) is 5. The molecule has 6 nitrogen and oxygen atoms in total. The van der Waals surface area contributed by atoms with Gasteiger partial charge in [0.05, 0.1) is 14.2 Å². The number of alkyl carbamates (subject to hydrolysis) is 1. The predicted molar refractivity (Wildman–Crippen MR) is 81.8 cm³/mol. The molecular weight excluding hydrogens is 305 g/mol.